The van der Waals surface area contributed by atoms with Crippen molar-refractivity contribution in [2.24, 2.45) is 7.05 Å². The lowest BCUT2D eigenvalue weighted by atomic mass is 9.88. The molecule has 0 fully saturated rings. The summed E-state index contributed by atoms with van der Waals surface area (Å²) in [5, 5.41) is 7.04. The van der Waals surface area contributed by atoms with Gasteiger partial charge in [0.2, 0.25) is 12.7 Å². The summed E-state index contributed by atoms with van der Waals surface area (Å²) in [6.07, 6.45) is 2.51. The molecule has 0 bridgehead atoms. The van der Waals surface area contributed by atoms with Gasteiger partial charge in [-0.15, -0.1) is 0 Å². The molecule has 7 nitrogen and oxygen atoms in total. The Balaban J connectivity index is 1.46. The Bertz CT molecular complexity index is 955. The molecule has 0 saturated carbocycles. The molecule has 0 spiro atoms. The number of carbonyl (C=O) groups is 1. The molecule has 2 heterocycles. The fourth-order valence-corrected chi connectivity index (χ4v) is 3.36. The van der Waals surface area contributed by atoms with Crippen LogP contribution in [0.1, 0.15) is 29.3 Å². The Kier molecular flexibility index (Phi) is 5.23. The van der Waals surface area contributed by atoms with Crippen LogP contribution in [-0.2, 0) is 18.3 Å². The van der Waals surface area contributed by atoms with Crippen LogP contribution in [0.4, 0.5) is 0 Å². The second-order valence-electron chi connectivity index (χ2n) is 6.68. The van der Waals surface area contributed by atoms with E-state index in [1.807, 2.05) is 55.6 Å². The normalized spacial score (nSPS) is 13.3. The largest absolute Gasteiger partial charge is 0.454 e. The van der Waals surface area contributed by atoms with E-state index in [9.17, 15) is 4.79 Å². The van der Waals surface area contributed by atoms with Crippen molar-refractivity contribution in [2.75, 3.05) is 13.3 Å². The molecule has 0 aliphatic carbocycles. The van der Waals surface area contributed by atoms with Crippen LogP contribution in [0.25, 0.3) is 0 Å². The van der Waals surface area contributed by atoms with Gasteiger partial charge in [-0.1, -0.05) is 36.4 Å². The molecule has 0 radical (unpaired) electrons. The fourth-order valence-electron chi connectivity index (χ4n) is 3.36. The van der Waals surface area contributed by atoms with Crippen molar-refractivity contribution in [1.82, 2.24) is 20.1 Å². The summed E-state index contributed by atoms with van der Waals surface area (Å²) in [5.74, 6) is 2.24. The zero-order valence-corrected chi connectivity index (χ0v) is 15.7. The number of ether oxygens (including phenoxy) is 2. The first-order valence-electron chi connectivity index (χ1n) is 9.25. The van der Waals surface area contributed by atoms with Crippen LogP contribution in [-0.4, -0.2) is 34.0 Å². The first-order chi connectivity index (χ1) is 13.7. The Morgan fingerprint density at radius 3 is 2.75 bits per heavy atom. The molecular formula is C21H22N4O3. The summed E-state index contributed by atoms with van der Waals surface area (Å²) < 4.78 is 12.6. The van der Waals surface area contributed by atoms with E-state index in [4.69, 9.17) is 9.47 Å². The topological polar surface area (TPSA) is 78.3 Å². The highest BCUT2D eigenvalue weighted by atomic mass is 16.7. The zero-order chi connectivity index (χ0) is 19.3. The average molecular weight is 378 g/mol. The Labute approximate surface area is 163 Å². The van der Waals surface area contributed by atoms with Gasteiger partial charge in [0.15, 0.2) is 11.5 Å². The molecule has 1 atom stereocenters. The molecule has 0 unspecified atom stereocenters. The smallest absolute Gasteiger partial charge is 0.231 e. The number of rotatable bonds is 7. The van der Waals surface area contributed by atoms with Crippen molar-refractivity contribution >= 4 is 5.91 Å². The highest BCUT2D eigenvalue weighted by molar-refractivity contribution is 5.77. The molecule has 0 saturated heterocycles. The first kappa shape index (κ1) is 18.0. The lowest BCUT2D eigenvalue weighted by Gasteiger charge is -2.18. The number of nitrogens with one attached hydrogen (secondary N) is 1. The van der Waals surface area contributed by atoms with Crippen LogP contribution in [0.3, 0.4) is 0 Å². The molecule has 3 aromatic rings. The van der Waals surface area contributed by atoms with Gasteiger partial charge in [-0.3, -0.25) is 9.48 Å². The molecule has 1 amide bonds. The second-order valence-corrected chi connectivity index (χ2v) is 6.68. The third-order valence-corrected chi connectivity index (χ3v) is 4.87. The van der Waals surface area contributed by atoms with E-state index in [-0.39, 0.29) is 18.6 Å². The first-order valence-corrected chi connectivity index (χ1v) is 9.25. The summed E-state index contributed by atoms with van der Waals surface area (Å²) in [6.45, 7) is 0.755. The van der Waals surface area contributed by atoms with Gasteiger partial charge in [-0.05, 0) is 23.3 Å². The van der Waals surface area contributed by atoms with Gasteiger partial charge in [-0.2, -0.15) is 5.10 Å². The van der Waals surface area contributed by atoms with Gasteiger partial charge in [0.1, 0.15) is 12.2 Å². The molecule has 144 valence electrons. The number of carbonyl (C=O) groups excluding carboxylic acids is 1. The molecule has 2 aromatic carbocycles. The van der Waals surface area contributed by atoms with Gasteiger partial charge in [0, 0.05) is 32.4 Å². The van der Waals surface area contributed by atoms with E-state index < -0.39 is 0 Å². The van der Waals surface area contributed by atoms with Crippen molar-refractivity contribution in [2.45, 2.75) is 18.8 Å². The van der Waals surface area contributed by atoms with Crippen LogP contribution >= 0.6 is 0 Å². The molecular weight excluding hydrogens is 356 g/mol. The lowest BCUT2D eigenvalue weighted by Crippen LogP contribution is -2.28. The Morgan fingerprint density at radius 1 is 1.14 bits per heavy atom. The number of benzene rings is 2. The minimum Gasteiger partial charge on any atom is -0.454 e. The maximum absolute atomic E-state index is 12.6. The van der Waals surface area contributed by atoms with Crippen molar-refractivity contribution < 1.29 is 14.3 Å². The number of hydrogen-bond acceptors (Lipinski definition) is 5. The van der Waals surface area contributed by atoms with Gasteiger partial charge in [-0.25, -0.2) is 4.98 Å². The standard InChI is InChI=1S/C21H22N4O3/c1-25-20(23-13-24-25)9-10-22-21(26)12-17(15-5-3-2-4-6-15)16-7-8-18-19(11-16)28-14-27-18/h2-8,11,13,17H,9-10,12,14H2,1H3,(H,22,26)/t17-/m1/s1. The molecule has 1 aromatic heterocycles. The molecule has 1 aliphatic heterocycles. The summed E-state index contributed by atoms with van der Waals surface area (Å²) in [7, 11) is 1.84. The van der Waals surface area contributed by atoms with Gasteiger partial charge < -0.3 is 14.8 Å². The van der Waals surface area contributed by atoms with Crippen molar-refractivity contribution in [1.29, 1.82) is 0 Å². The molecule has 1 aliphatic rings. The molecule has 7 heteroatoms. The van der Waals surface area contributed by atoms with Crippen molar-refractivity contribution in [3.8, 4) is 11.5 Å². The number of aryl methyl sites for hydroxylation is 1. The minimum atomic E-state index is -0.0643. The van der Waals surface area contributed by atoms with Gasteiger partial charge >= 0.3 is 0 Å². The minimum absolute atomic E-state index is 0.00584. The fraction of sp³-hybridized carbons (Fsp3) is 0.286. The highest BCUT2D eigenvalue weighted by Crippen LogP contribution is 2.37. The predicted molar refractivity (Wildman–Crippen MR) is 103 cm³/mol. The van der Waals surface area contributed by atoms with E-state index >= 15 is 0 Å². The Hall–Kier alpha value is -3.35. The third-order valence-electron chi connectivity index (χ3n) is 4.87. The SMILES string of the molecule is Cn1ncnc1CCNC(=O)C[C@H](c1ccccc1)c1ccc2c(c1)OCO2. The van der Waals surface area contributed by atoms with Crippen LogP contribution < -0.4 is 14.8 Å². The van der Waals surface area contributed by atoms with Crippen LogP contribution in [0, 0.1) is 0 Å². The summed E-state index contributed by atoms with van der Waals surface area (Å²) >= 11 is 0. The molecule has 1 N–H and O–H groups in total. The van der Waals surface area contributed by atoms with E-state index in [1.54, 1.807) is 4.68 Å². The number of aromatic nitrogens is 3. The van der Waals surface area contributed by atoms with Crippen LogP contribution in [0.5, 0.6) is 11.5 Å². The number of nitrogens with zero attached hydrogens (tertiary/aromatic N) is 3. The third kappa shape index (κ3) is 3.98. The van der Waals surface area contributed by atoms with E-state index in [0.717, 1.165) is 28.5 Å². The van der Waals surface area contributed by atoms with E-state index in [2.05, 4.69) is 15.4 Å². The van der Waals surface area contributed by atoms with Gasteiger partial charge in [0.25, 0.3) is 0 Å². The monoisotopic (exact) mass is 378 g/mol. The summed E-state index contributed by atoms with van der Waals surface area (Å²) in [5.41, 5.74) is 2.11. The number of hydrogen-bond donors (Lipinski definition) is 1. The average Bonchev–Trinajstić information content (AvgIpc) is 3.35. The van der Waals surface area contributed by atoms with Crippen LogP contribution in [0.2, 0.25) is 0 Å². The number of amides is 1. The zero-order valence-electron chi connectivity index (χ0n) is 15.7. The van der Waals surface area contributed by atoms with Crippen molar-refractivity contribution in [3.05, 3.63) is 71.8 Å². The summed E-state index contributed by atoms with van der Waals surface area (Å²) in [4.78, 5) is 16.8. The van der Waals surface area contributed by atoms with E-state index in [1.165, 1.54) is 6.33 Å². The quantitative estimate of drug-likeness (QED) is 0.683. The Morgan fingerprint density at radius 2 is 1.96 bits per heavy atom. The maximum atomic E-state index is 12.6. The summed E-state index contributed by atoms with van der Waals surface area (Å²) in [6, 6.07) is 15.9. The predicted octanol–water partition coefficient (Wildman–Crippen LogP) is 2.42. The van der Waals surface area contributed by atoms with E-state index in [0.29, 0.717) is 19.4 Å². The maximum Gasteiger partial charge on any atom is 0.231 e. The lowest BCUT2D eigenvalue weighted by molar-refractivity contribution is -0.121. The number of fused-ring (bicyclic) bond motifs is 1. The molecule has 4 rings (SSSR count). The van der Waals surface area contributed by atoms with Gasteiger partial charge in [0.05, 0.1) is 0 Å². The highest BCUT2D eigenvalue weighted by Gasteiger charge is 2.21. The van der Waals surface area contributed by atoms with Crippen molar-refractivity contribution in [3.63, 3.8) is 0 Å². The second kappa shape index (κ2) is 8.12. The molecule has 28 heavy (non-hydrogen) atoms. The van der Waals surface area contributed by atoms with Crippen LogP contribution in [0.15, 0.2) is 54.9 Å².